The molecule has 0 aliphatic heterocycles. The third-order valence-electron chi connectivity index (χ3n) is 4.67. The monoisotopic (exact) mass is 398 g/mol. The Morgan fingerprint density at radius 3 is 2.28 bits per heavy atom. The molecule has 6 nitrogen and oxygen atoms in total. The summed E-state index contributed by atoms with van der Waals surface area (Å²) in [7, 11) is 0. The summed E-state index contributed by atoms with van der Waals surface area (Å²) in [4.78, 5) is 25.2. The molecule has 152 valence electrons. The topological polar surface area (TPSA) is 73.5 Å². The van der Waals surface area contributed by atoms with Crippen molar-refractivity contribution < 1.29 is 14.3 Å². The maximum atomic E-state index is 13.3. The lowest BCUT2D eigenvalue weighted by Gasteiger charge is -2.19. The van der Waals surface area contributed by atoms with Gasteiger partial charge in [-0.05, 0) is 29.2 Å². The Labute approximate surface area is 167 Å². The van der Waals surface area contributed by atoms with Crippen LogP contribution in [0.4, 0.5) is 4.39 Å². The van der Waals surface area contributed by atoms with E-state index < -0.39 is 11.2 Å². The molecular formula is C22H23FN2O4. The number of hydrogen-bond donors (Lipinski definition) is 1. The Hall–Kier alpha value is -3.19. The van der Waals surface area contributed by atoms with Crippen molar-refractivity contribution in [3.8, 4) is 0 Å². The Kier molecular flexibility index (Phi) is 6.29. The molecular weight excluding hydrogens is 375 g/mol. The molecule has 3 aromatic rings. The number of nitrogens with zero attached hydrogens (tertiary/aromatic N) is 2. The number of rotatable bonds is 7. The van der Waals surface area contributed by atoms with E-state index in [1.807, 2.05) is 44.2 Å². The zero-order valence-electron chi connectivity index (χ0n) is 16.3. The van der Waals surface area contributed by atoms with E-state index in [1.165, 1.54) is 16.7 Å². The maximum absolute atomic E-state index is 13.3. The van der Waals surface area contributed by atoms with Crippen LogP contribution in [-0.4, -0.2) is 14.5 Å². The summed E-state index contributed by atoms with van der Waals surface area (Å²) < 4.78 is 20.3. The molecule has 7 heteroatoms. The van der Waals surface area contributed by atoms with Crippen molar-refractivity contribution in [1.82, 2.24) is 9.30 Å². The summed E-state index contributed by atoms with van der Waals surface area (Å²) in [6.07, 6.45) is 0.230. The van der Waals surface area contributed by atoms with Crippen LogP contribution in [0.1, 0.15) is 42.1 Å². The first-order valence-corrected chi connectivity index (χ1v) is 9.32. The highest BCUT2D eigenvalue weighted by molar-refractivity contribution is 5.29. The molecule has 0 aliphatic carbocycles. The van der Waals surface area contributed by atoms with Gasteiger partial charge in [-0.25, -0.2) is 9.18 Å². The number of hydrogen-bond acceptors (Lipinski definition) is 4. The largest absolute Gasteiger partial charge is 0.421 e. The molecule has 0 unspecified atom stereocenters. The summed E-state index contributed by atoms with van der Waals surface area (Å²) in [6.45, 7) is 3.75. The lowest BCUT2D eigenvalue weighted by Crippen LogP contribution is -2.43. The van der Waals surface area contributed by atoms with Crippen LogP contribution in [0.3, 0.4) is 0 Å². The Morgan fingerprint density at radius 1 is 1.00 bits per heavy atom. The molecule has 0 saturated heterocycles. The summed E-state index contributed by atoms with van der Waals surface area (Å²) in [5.41, 5.74) is 0.812. The molecule has 29 heavy (non-hydrogen) atoms. The van der Waals surface area contributed by atoms with Gasteiger partial charge in [0.25, 0.3) is 5.56 Å². The average molecular weight is 398 g/mol. The van der Waals surface area contributed by atoms with Gasteiger partial charge in [0, 0.05) is 17.7 Å². The highest BCUT2D eigenvalue weighted by atomic mass is 19.1. The van der Waals surface area contributed by atoms with Crippen LogP contribution in [0.15, 0.2) is 64.2 Å². The molecule has 0 aliphatic rings. The molecule has 0 amide bonds. The van der Waals surface area contributed by atoms with Crippen molar-refractivity contribution in [3.05, 3.63) is 104 Å². The van der Waals surface area contributed by atoms with Gasteiger partial charge >= 0.3 is 5.69 Å². The van der Waals surface area contributed by atoms with Crippen LogP contribution >= 0.6 is 0 Å². The lowest BCUT2D eigenvalue weighted by atomic mass is 9.98. The van der Waals surface area contributed by atoms with Gasteiger partial charge in [-0.3, -0.25) is 9.36 Å². The van der Waals surface area contributed by atoms with Crippen LogP contribution < -0.4 is 11.2 Å². The van der Waals surface area contributed by atoms with Gasteiger partial charge in [-0.2, -0.15) is 0 Å². The van der Waals surface area contributed by atoms with Crippen molar-refractivity contribution in [2.45, 2.75) is 39.5 Å². The third-order valence-corrected chi connectivity index (χ3v) is 4.67. The molecule has 1 aromatic heterocycles. The first kappa shape index (κ1) is 20.5. The van der Waals surface area contributed by atoms with Crippen LogP contribution in [0, 0.1) is 5.82 Å². The van der Waals surface area contributed by atoms with Gasteiger partial charge < -0.3 is 9.94 Å². The van der Waals surface area contributed by atoms with E-state index in [2.05, 4.69) is 0 Å². The second-order valence-electron chi connectivity index (χ2n) is 7.11. The minimum absolute atomic E-state index is 0.120. The molecule has 0 radical (unpaired) electrons. The number of aromatic nitrogens is 2. The predicted molar refractivity (Wildman–Crippen MR) is 107 cm³/mol. The van der Waals surface area contributed by atoms with Gasteiger partial charge in [-0.15, -0.1) is 0 Å². The van der Waals surface area contributed by atoms with Gasteiger partial charge in [-0.1, -0.05) is 61.0 Å². The van der Waals surface area contributed by atoms with Crippen LogP contribution in [-0.2, 0) is 24.5 Å². The lowest BCUT2D eigenvalue weighted by molar-refractivity contribution is 0.0498. The van der Waals surface area contributed by atoms with E-state index in [-0.39, 0.29) is 36.2 Å². The SMILES string of the molecule is CC(C)c1c(Cc2ccc(F)cc2)n(COCc2ccccc2)c(=O)n(O)c1=O. The summed E-state index contributed by atoms with van der Waals surface area (Å²) in [6, 6.07) is 15.3. The minimum atomic E-state index is -0.871. The molecule has 1 heterocycles. The normalized spacial score (nSPS) is 11.2. The fourth-order valence-electron chi connectivity index (χ4n) is 3.23. The van der Waals surface area contributed by atoms with Gasteiger partial charge in [0.2, 0.25) is 0 Å². The van der Waals surface area contributed by atoms with Crippen molar-refractivity contribution in [2.24, 2.45) is 0 Å². The third kappa shape index (κ3) is 4.63. The Morgan fingerprint density at radius 2 is 1.66 bits per heavy atom. The summed E-state index contributed by atoms with van der Waals surface area (Å²) in [5, 5.41) is 10.0. The summed E-state index contributed by atoms with van der Waals surface area (Å²) in [5.74, 6) is -0.607. The molecule has 0 spiro atoms. The fraction of sp³-hybridized carbons (Fsp3) is 0.273. The van der Waals surface area contributed by atoms with Crippen molar-refractivity contribution >= 4 is 0 Å². The Bertz CT molecular complexity index is 1090. The molecule has 3 rings (SSSR count). The highest BCUT2D eigenvalue weighted by Crippen LogP contribution is 2.19. The second-order valence-corrected chi connectivity index (χ2v) is 7.11. The van der Waals surface area contributed by atoms with Gasteiger partial charge in [0.05, 0.1) is 6.61 Å². The van der Waals surface area contributed by atoms with Crippen molar-refractivity contribution in [1.29, 1.82) is 0 Å². The first-order valence-electron chi connectivity index (χ1n) is 9.32. The molecule has 0 bridgehead atoms. The number of ether oxygens (including phenoxy) is 1. The zero-order valence-corrected chi connectivity index (χ0v) is 16.3. The Balaban J connectivity index is 2.01. The number of halogens is 1. The molecule has 0 atom stereocenters. The van der Waals surface area contributed by atoms with Crippen LogP contribution in [0.25, 0.3) is 0 Å². The van der Waals surface area contributed by atoms with Gasteiger partial charge in [0.1, 0.15) is 12.5 Å². The minimum Gasteiger partial charge on any atom is -0.421 e. The van der Waals surface area contributed by atoms with E-state index in [0.29, 0.717) is 11.3 Å². The van der Waals surface area contributed by atoms with Crippen LogP contribution in [0.5, 0.6) is 0 Å². The van der Waals surface area contributed by atoms with E-state index in [9.17, 15) is 19.2 Å². The predicted octanol–water partition coefficient (Wildman–Crippen LogP) is 3.27. The fourth-order valence-corrected chi connectivity index (χ4v) is 3.23. The standard InChI is InChI=1S/C22H23FN2O4/c1-15(2)20-19(12-16-8-10-18(23)11-9-16)24(22(27)25(28)21(20)26)14-29-13-17-6-4-3-5-7-17/h3-11,15,28H,12-14H2,1-2H3. The molecule has 0 saturated carbocycles. The maximum Gasteiger partial charge on any atom is 0.366 e. The molecule has 1 N–H and O–H groups in total. The van der Waals surface area contributed by atoms with Crippen LogP contribution in [0.2, 0.25) is 0 Å². The quantitative estimate of drug-likeness (QED) is 0.620. The smallest absolute Gasteiger partial charge is 0.366 e. The van der Waals surface area contributed by atoms with E-state index in [4.69, 9.17) is 4.74 Å². The average Bonchev–Trinajstić information content (AvgIpc) is 2.71. The van der Waals surface area contributed by atoms with E-state index >= 15 is 0 Å². The molecule has 0 fully saturated rings. The zero-order chi connectivity index (χ0) is 21.0. The number of benzene rings is 2. The second kappa shape index (κ2) is 8.87. The van der Waals surface area contributed by atoms with Crippen molar-refractivity contribution in [3.63, 3.8) is 0 Å². The highest BCUT2D eigenvalue weighted by Gasteiger charge is 2.21. The first-order chi connectivity index (χ1) is 13.9. The molecule has 2 aromatic carbocycles. The van der Waals surface area contributed by atoms with E-state index in [1.54, 1.807) is 12.1 Å². The van der Waals surface area contributed by atoms with E-state index in [0.717, 1.165) is 11.1 Å². The summed E-state index contributed by atoms with van der Waals surface area (Å²) >= 11 is 0. The van der Waals surface area contributed by atoms with Gasteiger partial charge in [0.15, 0.2) is 0 Å². The van der Waals surface area contributed by atoms with Crippen molar-refractivity contribution in [2.75, 3.05) is 0 Å².